The van der Waals surface area contributed by atoms with Crippen molar-refractivity contribution in [3.63, 3.8) is 0 Å². The number of aryl methyl sites for hydroxylation is 2. The number of sulfonamides is 1. The molecule has 0 unspecified atom stereocenters. The number of anilines is 1. The highest BCUT2D eigenvalue weighted by molar-refractivity contribution is 7.92. The molecular weight excluding hydrogens is 541 g/mol. The molecule has 3 rings (SSSR count). The molecule has 0 aromatic heterocycles. The average Bonchev–Trinajstić information content (AvgIpc) is 2.93. The molecule has 2 amide bonds. The zero-order valence-electron chi connectivity index (χ0n) is 24.6. The van der Waals surface area contributed by atoms with E-state index in [0.717, 1.165) is 21.0 Å². The standard InChI is InChI=1S/C32H40FN3O4S/c1-7-29(32(38)34-19-22(2)3)35(20-26-13-15-27(33)16-14-26)31(37)21-36(30-10-8-9-24(5)25(30)6)41(39,40)28-17-11-23(4)12-18-28/h8-18,22,29H,7,19-21H2,1-6H3,(H,34,38)/t29-/m1/s1. The molecule has 3 aromatic carbocycles. The van der Waals surface area contributed by atoms with Gasteiger partial charge in [-0.1, -0.05) is 62.7 Å². The fourth-order valence-corrected chi connectivity index (χ4v) is 5.96. The third-order valence-electron chi connectivity index (χ3n) is 7.07. The lowest BCUT2D eigenvalue weighted by Gasteiger charge is -2.34. The van der Waals surface area contributed by atoms with Crippen LogP contribution in [0.1, 0.15) is 49.4 Å². The van der Waals surface area contributed by atoms with Crippen molar-refractivity contribution in [3.8, 4) is 0 Å². The number of benzene rings is 3. The van der Waals surface area contributed by atoms with Crippen molar-refractivity contribution in [3.05, 3.63) is 94.8 Å². The van der Waals surface area contributed by atoms with Crippen LogP contribution in [0.15, 0.2) is 71.6 Å². The van der Waals surface area contributed by atoms with Crippen LogP contribution < -0.4 is 9.62 Å². The molecule has 0 saturated carbocycles. The molecule has 41 heavy (non-hydrogen) atoms. The van der Waals surface area contributed by atoms with Crippen LogP contribution in [0.2, 0.25) is 0 Å². The zero-order valence-corrected chi connectivity index (χ0v) is 25.5. The van der Waals surface area contributed by atoms with Crippen molar-refractivity contribution >= 4 is 27.5 Å². The highest BCUT2D eigenvalue weighted by atomic mass is 32.2. The first-order valence-corrected chi connectivity index (χ1v) is 15.3. The van der Waals surface area contributed by atoms with Crippen molar-refractivity contribution in [2.45, 2.75) is 65.4 Å². The molecule has 0 bridgehead atoms. The van der Waals surface area contributed by atoms with Crippen molar-refractivity contribution < 1.29 is 22.4 Å². The number of hydrogen-bond acceptors (Lipinski definition) is 4. The second kappa shape index (κ2) is 13.8. The highest BCUT2D eigenvalue weighted by Crippen LogP contribution is 2.29. The van der Waals surface area contributed by atoms with E-state index in [1.54, 1.807) is 43.3 Å². The maximum atomic E-state index is 14.1. The Morgan fingerprint density at radius 2 is 1.56 bits per heavy atom. The Hall–Kier alpha value is -3.72. The van der Waals surface area contributed by atoms with E-state index in [0.29, 0.717) is 24.2 Å². The summed E-state index contributed by atoms with van der Waals surface area (Å²) < 4.78 is 42.9. The molecular formula is C32H40FN3O4S. The van der Waals surface area contributed by atoms with Crippen molar-refractivity contribution in [2.24, 2.45) is 5.92 Å². The summed E-state index contributed by atoms with van der Waals surface area (Å²) in [6.07, 6.45) is 0.311. The number of rotatable bonds is 12. The maximum absolute atomic E-state index is 14.1. The number of nitrogens with zero attached hydrogens (tertiary/aromatic N) is 2. The Kier molecular flexibility index (Phi) is 10.7. The minimum Gasteiger partial charge on any atom is -0.354 e. The molecule has 0 spiro atoms. The SMILES string of the molecule is CC[C@H](C(=O)NCC(C)C)N(Cc1ccc(F)cc1)C(=O)CN(c1cccc(C)c1C)S(=O)(=O)c1ccc(C)cc1. The second-order valence-electron chi connectivity index (χ2n) is 10.8. The first kappa shape index (κ1) is 31.8. The van der Waals surface area contributed by atoms with Gasteiger partial charge in [-0.2, -0.15) is 0 Å². The molecule has 3 aromatic rings. The van der Waals surface area contributed by atoms with Crippen molar-refractivity contribution in [1.82, 2.24) is 10.2 Å². The molecule has 0 fully saturated rings. The van der Waals surface area contributed by atoms with Crippen LogP contribution in [0.3, 0.4) is 0 Å². The van der Waals surface area contributed by atoms with Crippen LogP contribution in [0, 0.1) is 32.5 Å². The molecule has 9 heteroatoms. The molecule has 0 radical (unpaired) electrons. The number of nitrogens with one attached hydrogen (secondary N) is 1. The Labute approximate surface area is 243 Å². The zero-order chi connectivity index (χ0) is 30.3. The predicted octanol–water partition coefficient (Wildman–Crippen LogP) is 5.53. The number of carbonyl (C=O) groups excluding carboxylic acids is 2. The van der Waals surface area contributed by atoms with E-state index in [2.05, 4.69) is 5.32 Å². The normalized spacial score (nSPS) is 12.2. The van der Waals surface area contributed by atoms with Gasteiger partial charge >= 0.3 is 0 Å². The summed E-state index contributed by atoms with van der Waals surface area (Å²) in [5.74, 6) is -1.08. The summed E-state index contributed by atoms with van der Waals surface area (Å²) in [4.78, 5) is 28.9. The summed E-state index contributed by atoms with van der Waals surface area (Å²) in [6, 6.07) is 16.6. The van der Waals surface area contributed by atoms with E-state index in [1.807, 2.05) is 40.7 Å². The van der Waals surface area contributed by atoms with Crippen LogP contribution in [-0.4, -0.2) is 44.3 Å². The first-order chi connectivity index (χ1) is 19.3. The van der Waals surface area contributed by atoms with Gasteiger partial charge in [-0.05, 0) is 80.1 Å². The van der Waals surface area contributed by atoms with Crippen LogP contribution in [-0.2, 0) is 26.2 Å². The summed E-state index contributed by atoms with van der Waals surface area (Å²) in [6.45, 7) is 11.2. The first-order valence-electron chi connectivity index (χ1n) is 13.8. The van der Waals surface area contributed by atoms with Crippen LogP contribution in [0.4, 0.5) is 10.1 Å². The van der Waals surface area contributed by atoms with Gasteiger partial charge < -0.3 is 10.2 Å². The lowest BCUT2D eigenvalue weighted by atomic mass is 10.1. The monoisotopic (exact) mass is 581 g/mol. The molecule has 0 aliphatic heterocycles. The van der Waals surface area contributed by atoms with Gasteiger partial charge in [0.05, 0.1) is 10.6 Å². The Morgan fingerprint density at radius 1 is 0.927 bits per heavy atom. The van der Waals surface area contributed by atoms with E-state index >= 15 is 0 Å². The summed E-state index contributed by atoms with van der Waals surface area (Å²) >= 11 is 0. The Bertz CT molecular complexity index is 1460. The average molecular weight is 582 g/mol. The fraction of sp³-hybridized carbons (Fsp3) is 0.375. The number of amides is 2. The third kappa shape index (κ3) is 7.94. The Morgan fingerprint density at radius 3 is 2.15 bits per heavy atom. The van der Waals surface area contributed by atoms with Crippen LogP contribution >= 0.6 is 0 Å². The van der Waals surface area contributed by atoms with Gasteiger partial charge in [0.25, 0.3) is 10.0 Å². The van der Waals surface area contributed by atoms with Gasteiger partial charge in [0.2, 0.25) is 11.8 Å². The molecule has 0 saturated heterocycles. The summed E-state index contributed by atoms with van der Waals surface area (Å²) in [7, 11) is -4.16. The maximum Gasteiger partial charge on any atom is 0.264 e. The summed E-state index contributed by atoms with van der Waals surface area (Å²) in [5, 5.41) is 2.90. The molecule has 1 atom stereocenters. The van der Waals surface area contributed by atoms with Gasteiger partial charge in [0.15, 0.2) is 0 Å². The van der Waals surface area contributed by atoms with E-state index in [9.17, 15) is 22.4 Å². The predicted molar refractivity (Wildman–Crippen MR) is 161 cm³/mol. The van der Waals surface area contributed by atoms with Gasteiger partial charge in [0, 0.05) is 13.1 Å². The Balaban J connectivity index is 2.08. The minimum atomic E-state index is -4.16. The number of carbonyl (C=O) groups is 2. The quantitative estimate of drug-likeness (QED) is 0.305. The van der Waals surface area contributed by atoms with Crippen molar-refractivity contribution in [1.29, 1.82) is 0 Å². The van der Waals surface area contributed by atoms with Crippen LogP contribution in [0.25, 0.3) is 0 Å². The molecule has 0 heterocycles. The molecule has 220 valence electrons. The second-order valence-corrected chi connectivity index (χ2v) is 12.6. The van der Waals surface area contributed by atoms with E-state index in [4.69, 9.17) is 0 Å². The van der Waals surface area contributed by atoms with Gasteiger partial charge in [-0.25, -0.2) is 12.8 Å². The van der Waals surface area contributed by atoms with Gasteiger partial charge in [0.1, 0.15) is 18.4 Å². The smallest absolute Gasteiger partial charge is 0.264 e. The van der Waals surface area contributed by atoms with Crippen LogP contribution in [0.5, 0.6) is 0 Å². The highest BCUT2D eigenvalue weighted by Gasteiger charge is 2.34. The van der Waals surface area contributed by atoms with E-state index < -0.39 is 34.3 Å². The largest absolute Gasteiger partial charge is 0.354 e. The van der Waals surface area contributed by atoms with Crippen molar-refractivity contribution in [2.75, 3.05) is 17.4 Å². The molecule has 0 aliphatic carbocycles. The van der Waals surface area contributed by atoms with E-state index in [-0.39, 0.29) is 23.3 Å². The lowest BCUT2D eigenvalue weighted by molar-refractivity contribution is -0.140. The lowest BCUT2D eigenvalue weighted by Crippen LogP contribution is -2.52. The third-order valence-corrected chi connectivity index (χ3v) is 8.84. The molecule has 1 N–H and O–H groups in total. The molecule has 7 nitrogen and oxygen atoms in total. The summed E-state index contributed by atoms with van der Waals surface area (Å²) in [5.41, 5.74) is 3.51. The molecule has 0 aliphatic rings. The number of halogens is 1. The minimum absolute atomic E-state index is 0.0118. The fourth-order valence-electron chi connectivity index (χ4n) is 4.49. The van der Waals surface area contributed by atoms with Gasteiger partial charge in [-0.15, -0.1) is 0 Å². The number of hydrogen-bond donors (Lipinski definition) is 1. The van der Waals surface area contributed by atoms with E-state index in [1.165, 1.54) is 29.2 Å². The topological polar surface area (TPSA) is 86.8 Å². The van der Waals surface area contributed by atoms with Gasteiger partial charge in [-0.3, -0.25) is 13.9 Å².